The minimum Gasteiger partial charge on any atom is -0.494 e. The summed E-state index contributed by atoms with van der Waals surface area (Å²) < 4.78 is 36.1. The Morgan fingerprint density at radius 3 is 2.38 bits per heavy atom. The van der Waals surface area contributed by atoms with Gasteiger partial charge in [0.1, 0.15) is 18.0 Å². The first-order valence-corrected chi connectivity index (χ1v) is 24.2. The molecule has 0 amide bonds. The van der Waals surface area contributed by atoms with Gasteiger partial charge in [0.05, 0.1) is 40.5 Å². The maximum Gasteiger partial charge on any atom is 0.223 e. The minimum atomic E-state index is -1.85. The largest absolute Gasteiger partial charge is 0.494 e. The number of benzene rings is 2. The maximum absolute atomic E-state index is 12.4. The van der Waals surface area contributed by atoms with Crippen LogP contribution >= 0.6 is 89.3 Å². The van der Waals surface area contributed by atoms with Gasteiger partial charge in [0, 0.05) is 41.0 Å². The predicted molar refractivity (Wildman–Crippen MR) is 186 cm³/mol. The Hall–Kier alpha value is 2.16. The third-order valence-electron chi connectivity index (χ3n) is 6.30. The highest BCUT2D eigenvalue weighted by Gasteiger charge is 2.56. The third-order valence-corrected chi connectivity index (χ3v) is 16.8. The van der Waals surface area contributed by atoms with Crippen LogP contribution in [0.25, 0.3) is 0 Å². The Morgan fingerprint density at radius 2 is 1.82 bits per heavy atom. The average molecular weight is 727 g/mol. The molecule has 218 valence electrons. The summed E-state index contributed by atoms with van der Waals surface area (Å²) in [5.74, 6) is -1.21. The van der Waals surface area contributed by atoms with E-state index in [0.29, 0.717) is 30.7 Å². The number of aliphatic hydroxyl groups is 1. The molecule has 0 aromatic heterocycles. The molecule has 1 aliphatic rings. The summed E-state index contributed by atoms with van der Waals surface area (Å²) in [4.78, 5) is 0. The van der Waals surface area contributed by atoms with Gasteiger partial charge >= 0.3 is 0 Å². The molecule has 0 saturated carbocycles. The zero-order chi connectivity index (χ0) is 28.7. The summed E-state index contributed by atoms with van der Waals surface area (Å²) in [6, 6.07) is 12.9. The van der Waals surface area contributed by atoms with Crippen LogP contribution in [-0.4, -0.2) is 36.6 Å². The second kappa shape index (κ2) is 17.0. The van der Waals surface area contributed by atoms with Crippen LogP contribution in [0.15, 0.2) is 42.5 Å². The predicted octanol–water partition coefficient (Wildman–Crippen LogP) is 7.94. The van der Waals surface area contributed by atoms with Crippen molar-refractivity contribution in [3.63, 3.8) is 0 Å². The molecule has 0 bridgehead atoms. The first kappa shape index (κ1) is 35.6. The second-order valence-corrected chi connectivity index (χ2v) is 24.0. The van der Waals surface area contributed by atoms with Crippen LogP contribution in [0.1, 0.15) is 36.6 Å². The Balaban J connectivity index is 2.11. The van der Waals surface area contributed by atoms with Gasteiger partial charge in [-0.25, -0.2) is 0 Å². The molecule has 1 aliphatic heterocycles. The van der Waals surface area contributed by atoms with Gasteiger partial charge in [-0.3, -0.25) is 0 Å². The molecule has 39 heavy (non-hydrogen) atoms. The zero-order valence-corrected chi connectivity index (χ0v) is 31.9. The highest BCUT2D eigenvalue weighted by atomic mass is 35.5. The van der Waals surface area contributed by atoms with Crippen molar-refractivity contribution in [1.29, 1.82) is 0 Å². The summed E-state index contributed by atoms with van der Waals surface area (Å²) in [7, 11) is 14.0. The van der Waals surface area contributed by atoms with Crippen molar-refractivity contribution in [3.05, 3.63) is 64.2 Å². The Labute approximate surface area is 254 Å². The van der Waals surface area contributed by atoms with E-state index in [4.69, 9.17) is 39.2 Å². The van der Waals surface area contributed by atoms with E-state index in [2.05, 4.69) is 54.6 Å². The lowest BCUT2D eigenvalue weighted by Crippen LogP contribution is -2.61. The van der Waals surface area contributed by atoms with Crippen molar-refractivity contribution in [2.24, 2.45) is 5.92 Å². The van der Waals surface area contributed by atoms with Crippen molar-refractivity contribution in [1.82, 2.24) is 0 Å². The van der Waals surface area contributed by atoms with E-state index >= 15 is 0 Å². The first-order valence-electron chi connectivity index (χ1n) is 11.8. The van der Waals surface area contributed by atoms with E-state index in [-0.39, 0.29) is 12.5 Å². The fourth-order valence-corrected chi connectivity index (χ4v) is 8.58. The molecule has 0 radical (unpaired) electrons. The topological polar surface area (TPSA) is 75.6 Å². The third kappa shape index (κ3) is 9.10. The lowest BCUT2D eigenvalue weighted by Gasteiger charge is -2.50. The second-order valence-electron chi connectivity index (χ2n) is 8.71. The van der Waals surface area contributed by atoms with Crippen molar-refractivity contribution in [2.75, 3.05) is 13.2 Å². The van der Waals surface area contributed by atoms with Gasteiger partial charge in [0.15, 0.2) is 0 Å². The molecule has 2 aromatic rings. The fourth-order valence-electron chi connectivity index (χ4n) is 4.41. The van der Waals surface area contributed by atoms with Crippen LogP contribution in [0.4, 0.5) is 0 Å². The van der Waals surface area contributed by atoms with E-state index in [9.17, 15) is 5.11 Å². The fraction of sp³-hybridized carbons (Fsp3) is 0.455. The number of rotatable bonds is 13. The zero-order valence-electron chi connectivity index (χ0n) is 21.5. The number of halogens is 1. The summed E-state index contributed by atoms with van der Waals surface area (Å²) in [6.07, 6.45) is -2.27. The molecule has 0 aliphatic carbocycles. The van der Waals surface area contributed by atoms with Crippen molar-refractivity contribution >= 4 is 89.3 Å². The minimum absolute atomic E-state index is 0.123. The van der Waals surface area contributed by atoms with Gasteiger partial charge in [-0.05, 0) is 44.7 Å². The maximum atomic E-state index is 12.4. The lowest BCUT2D eigenvalue weighted by molar-refractivity contribution is -0.336. The average Bonchev–Trinajstić information content (AvgIpc) is 2.91. The summed E-state index contributed by atoms with van der Waals surface area (Å²) in [6.45, 7) is 4.79. The van der Waals surface area contributed by atoms with Crippen molar-refractivity contribution < 1.29 is 32.7 Å². The lowest BCUT2D eigenvalue weighted by atomic mass is 9.83. The van der Waals surface area contributed by atoms with Gasteiger partial charge in [-0.2, -0.15) is 0 Å². The molecule has 1 heterocycles. The van der Waals surface area contributed by atoms with E-state index in [1.807, 2.05) is 44.2 Å². The summed E-state index contributed by atoms with van der Waals surface area (Å²) >= 11 is 6.71. The molecule has 1 fully saturated rings. The quantitative estimate of drug-likeness (QED) is 0.210. The summed E-state index contributed by atoms with van der Waals surface area (Å²) in [5.41, 5.74) is 2.02. The normalized spacial score (nSPS) is 27.3. The molecule has 9 unspecified atom stereocenters. The Bertz CT molecular complexity index is 1060. The molecule has 1 N–H and O–H groups in total. The van der Waals surface area contributed by atoms with Crippen LogP contribution in [-0.2, 0) is 28.6 Å². The first-order chi connectivity index (χ1) is 18.6. The van der Waals surface area contributed by atoms with Crippen LogP contribution < -0.4 is 4.74 Å². The molecule has 14 atom stereocenters. The summed E-state index contributed by atoms with van der Waals surface area (Å²) in [5, 5.41) is 12.9. The molecule has 0 spiro atoms. The Morgan fingerprint density at radius 1 is 1.13 bits per heavy atom. The number of ether oxygens (including phenoxy) is 2. The van der Waals surface area contributed by atoms with E-state index in [1.165, 1.54) is 0 Å². The van der Waals surface area contributed by atoms with Gasteiger partial charge in [-0.15, -0.1) is 8.93 Å². The highest BCUT2D eigenvalue weighted by Crippen LogP contribution is 2.69. The Kier molecular flexibility index (Phi) is 15.5. The molecule has 2 aromatic carbocycles. The molecule has 1 saturated heterocycles. The van der Waals surface area contributed by atoms with Crippen molar-refractivity contribution in [2.45, 2.75) is 44.1 Å². The SMILES string of the molecule is CCOc1ccc(C(OP)c2cc([C@]3(O)O[C@H](COP)[C@@H](C)[C@H](OP(P)P)[C@H]3OP(P)PP)ccc2Cl)cc1. The number of hydrogen-bond acceptors (Lipinski definition) is 7. The van der Waals surface area contributed by atoms with Crippen LogP contribution in [0.2, 0.25) is 5.02 Å². The molecular weight excluding hydrogens is 690 g/mol. The highest BCUT2D eigenvalue weighted by molar-refractivity contribution is 8.59. The molecule has 3 rings (SSSR count). The standard InChI is InChI=1S/C22H36ClO7P9/c1-3-25-15-7-4-13(5-8-15)20(28-32)16-10-14(6-9-17(16)23)22(24)21(30-39(36)37-33)19(29-38(34)35)12(2)18(27-22)11-26-31/h4-10,12,18-21,24,37H,3,11,31-36H2,1-2H3/t12-,18-,19+,20?,21-,22+,39?/m1/s1. The smallest absolute Gasteiger partial charge is 0.223 e. The van der Waals surface area contributed by atoms with Crippen LogP contribution in [0, 0.1) is 5.92 Å². The van der Waals surface area contributed by atoms with Gasteiger partial charge in [0.2, 0.25) is 5.79 Å². The monoisotopic (exact) mass is 726 g/mol. The van der Waals surface area contributed by atoms with Gasteiger partial charge < -0.3 is 32.7 Å². The van der Waals surface area contributed by atoms with Crippen LogP contribution in [0.3, 0.4) is 0 Å². The van der Waals surface area contributed by atoms with Crippen molar-refractivity contribution in [3.8, 4) is 5.75 Å². The van der Waals surface area contributed by atoms with E-state index < -0.39 is 45.3 Å². The number of hydrogen-bond donors (Lipinski definition) is 1. The van der Waals surface area contributed by atoms with Crippen LogP contribution in [0.5, 0.6) is 5.75 Å². The van der Waals surface area contributed by atoms with Gasteiger partial charge in [-0.1, -0.05) is 63.5 Å². The van der Waals surface area contributed by atoms with Gasteiger partial charge in [0.25, 0.3) is 0 Å². The molecular formula is C22H36ClO7P9. The molecule has 7 nitrogen and oxygen atoms in total. The van der Waals surface area contributed by atoms with E-state index in [1.54, 1.807) is 12.1 Å². The molecule has 17 heteroatoms. The van der Waals surface area contributed by atoms with E-state index in [0.717, 1.165) is 11.3 Å².